The lowest BCUT2D eigenvalue weighted by atomic mass is 9.80. The third-order valence-corrected chi connectivity index (χ3v) is 9.97. The molecule has 1 saturated carbocycles. The largest absolute Gasteiger partial charge is 0.455 e. The number of carbonyl (C=O) groups is 2. The average Bonchev–Trinajstić information content (AvgIpc) is 2.68. The number of fused-ring (bicyclic) bond motifs is 2. The van der Waals surface area contributed by atoms with Gasteiger partial charge in [-0.25, -0.2) is 4.79 Å². The minimum atomic E-state index is -2.11. The first-order valence-corrected chi connectivity index (χ1v) is 11.7. The maximum Gasteiger partial charge on any atom is 0.351 e. The molecule has 0 unspecified atom stereocenters. The normalized spacial score (nSPS) is 31.2. The van der Waals surface area contributed by atoms with Gasteiger partial charge in [0.15, 0.2) is 8.32 Å². The van der Waals surface area contributed by atoms with E-state index in [1.807, 2.05) is 6.08 Å². The van der Waals surface area contributed by atoms with Crippen molar-refractivity contribution in [3.63, 3.8) is 0 Å². The van der Waals surface area contributed by atoms with Gasteiger partial charge < -0.3 is 19.0 Å². The van der Waals surface area contributed by atoms with E-state index < -0.39 is 32.0 Å². The van der Waals surface area contributed by atoms with Crippen LogP contribution in [0.2, 0.25) is 18.1 Å². The predicted octanol–water partition coefficient (Wildman–Crippen LogP) is 2.71. The van der Waals surface area contributed by atoms with Crippen LogP contribution in [0.1, 0.15) is 47.0 Å². The Bertz CT molecular complexity index is 577. The predicted molar refractivity (Wildman–Crippen MR) is 95.5 cm³/mol. The van der Waals surface area contributed by atoms with Crippen LogP contribution in [-0.2, 0) is 23.5 Å². The smallest absolute Gasteiger partial charge is 0.351 e. The van der Waals surface area contributed by atoms with Crippen molar-refractivity contribution >= 4 is 20.3 Å². The van der Waals surface area contributed by atoms with Crippen molar-refractivity contribution in [1.29, 1.82) is 0 Å². The van der Waals surface area contributed by atoms with Gasteiger partial charge in [-0.1, -0.05) is 26.8 Å². The second kappa shape index (κ2) is 6.85. The second-order valence-corrected chi connectivity index (χ2v) is 13.2. The van der Waals surface area contributed by atoms with Gasteiger partial charge in [0.25, 0.3) is 0 Å². The Kier molecular flexibility index (Phi) is 5.52. The zero-order valence-corrected chi connectivity index (χ0v) is 17.0. The van der Waals surface area contributed by atoms with E-state index in [0.29, 0.717) is 12.8 Å². The van der Waals surface area contributed by atoms with E-state index in [1.165, 1.54) is 6.92 Å². The molecule has 1 saturated heterocycles. The van der Waals surface area contributed by atoms with E-state index >= 15 is 0 Å². The summed E-state index contributed by atoms with van der Waals surface area (Å²) in [5.74, 6) is -0.990. The highest BCUT2D eigenvalue weighted by Gasteiger charge is 2.60. The fourth-order valence-electron chi connectivity index (χ4n) is 3.17. The maximum absolute atomic E-state index is 12.4. The summed E-state index contributed by atoms with van der Waals surface area (Å²) in [5.41, 5.74) is -0.368. The van der Waals surface area contributed by atoms with Gasteiger partial charge in [-0.3, -0.25) is 4.79 Å². The molecule has 1 N–H and O–H groups in total. The molecule has 6 nitrogen and oxygen atoms in total. The number of hydrogen-bond donors (Lipinski definition) is 1. The lowest BCUT2D eigenvalue weighted by Crippen LogP contribution is -2.51. The van der Waals surface area contributed by atoms with Crippen LogP contribution in [0.25, 0.3) is 0 Å². The molecule has 3 atom stereocenters. The molecule has 2 fully saturated rings. The van der Waals surface area contributed by atoms with Crippen LogP contribution in [0.3, 0.4) is 0 Å². The molecule has 2 rings (SSSR count). The summed E-state index contributed by atoms with van der Waals surface area (Å²) in [6.45, 7) is 12.1. The lowest BCUT2D eigenvalue weighted by molar-refractivity contribution is -0.172. The van der Waals surface area contributed by atoms with E-state index in [-0.39, 0.29) is 24.2 Å². The molecule has 1 aliphatic heterocycles. The van der Waals surface area contributed by atoms with Crippen molar-refractivity contribution in [3.05, 3.63) is 11.6 Å². The van der Waals surface area contributed by atoms with E-state index in [9.17, 15) is 14.7 Å². The first kappa shape index (κ1) is 20.1. The molecule has 0 aromatic heterocycles. The maximum atomic E-state index is 12.4. The molecule has 142 valence electrons. The monoisotopic (exact) mass is 370 g/mol. The Morgan fingerprint density at radius 1 is 1.40 bits per heavy atom. The number of carbonyl (C=O) groups excluding carboxylic acids is 2. The van der Waals surface area contributed by atoms with Crippen LogP contribution in [0.5, 0.6) is 0 Å². The van der Waals surface area contributed by atoms with E-state index in [1.54, 1.807) is 0 Å². The molecule has 0 aromatic rings. The topological polar surface area (TPSA) is 82.1 Å². The Labute approximate surface area is 150 Å². The van der Waals surface area contributed by atoms with Crippen LogP contribution >= 0.6 is 0 Å². The Morgan fingerprint density at radius 3 is 2.56 bits per heavy atom. The Balaban J connectivity index is 2.36. The zero-order valence-electron chi connectivity index (χ0n) is 16.0. The van der Waals surface area contributed by atoms with Crippen molar-refractivity contribution < 1.29 is 28.6 Å². The van der Waals surface area contributed by atoms with Gasteiger partial charge in [0, 0.05) is 26.4 Å². The van der Waals surface area contributed by atoms with Gasteiger partial charge in [0.05, 0.1) is 6.10 Å². The second-order valence-electron chi connectivity index (χ2n) is 8.47. The van der Waals surface area contributed by atoms with Gasteiger partial charge in [-0.15, -0.1) is 0 Å². The van der Waals surface area contributed by atoms with Crippen molar-refractivity contribution in [3.8, 4) is 0 Å². The standard InChI is InChI=1S/C18H30O6Si/c1-12(20)23-18-10-14(22-16(18)21)13(8-7-9-19)15(11-18)24-25(5,6)17(2,3)4/h8,14-15,19H,7,9-11H2,1-6H3/t14-,15-,18-/m1/s1. The van der Waals surface area contributed by atoms with E-state index in [4.69, 9.17) is 13.9 Å². The lowest BCUT2D eigenvalue weighted by Gasteiger charge is -2.43. The van der Waals surface area contributed by atoms with Crippen LogP contribution < -0.4 is 0 Å². The van der Waals surface area contributed by atoms with Crippen molar-refractivity contribution in [2.75, 3.05) is 6.61 Å². The van der Waals surface area contributed by atoms with Gasteiger partial charge in [0.2, 0.25) is 5.60 Å². The summed E-state index contributed by atoms with van der Waals surface area (Å²) in [6.07, 6.45) is 2.16. The minimum Gasteiger partial charge on any atom is -0.455 e. The summed E-state index contributed by atoms with van der Waals surface area (Å²) in [7, 11) is -2.11. The highest BCUT2D eigenvalue weighted by molar-refractivity contribution is 6.74. The molecule has 1 aliphatic carbocycles. The zero-order chi connectivity index (χ0) is 19.0. The van der Waals surface area contributed by atoms with Gasteiger partial charge >= 0.3 is 11.9 Å². The summed E-state index contributed by atoms with van der Waals surface area (Å²) < 4.78 is 17.5. The molecule has 7 heteroatoms. The molecule has 0 radical (unpaired) electrons. The van der Waals surface area contributed by atoms with E-state index in [0.717, 1.165) is 5.57 Å². The average molecular weight is 371 g/mol. The molecule has 0 amide bonds. The first-order chi connectivity index (χ1) is 11.4. The molecule has 1 heterocycles. The summed E-state index contributed by atoms with van der Waals surface area (Å²) in [5, 5.41) is 9.19. The van der Waals surface area contributed by atoms with Crippen molar-refractivity contribution in [1.82, 2.24) is 0 Å². The quantitative estimate of drug-likeness (QED) is 0.455. The number of ether oxygens (including phenoxy) is 2. The highest BCUT2D eigenvalue weighted by Crippen LogP contribution is 2.47. The summed E-state index contributed by atoms with van der Waals surface area (Å²) >= 11 is 0. The highest BCUT2D eigenvalue weighted by atomic mass is 28.4. The van der Waals surface area contributed by atoms with Crippen molar-refractivity contribution in [2.24, 2.45) is 0 Å². The van der Waals surface area contributed by atoms with Crippen LogP contribution in [-0.4, -0.2) is 49.8 Å². The molecular weight excluding hydrogens is 340 g/mol. The first-order valence-electron chi connectivity index (χ1n) is 8.81. The fourth-order valence-corrected chi connectivity index (χ4v) is 4.46. The molecular formula is C18H30O6Si. The third-order valence-electron chi connectivity index (χ3n) is 5.49. The van der Waals surface area contributed by atoms with Gasteiger partial charge in [-0.05, 0) is 30.1 Å². The van der Waals surface area contributed by atoms with Crippen LogP contribution in [0, 0.1) is 0 Å². The summed E-state index contributed by atoms with van der Waals surface area (Å²) in [6, 6.07) is 0. The fraction of sp³-hybridized carbons (Fsp3) is 0.778. The van der Waals surface area contributed by atoms with Crippen LogP contribution in [0.15, 0.2) is 11.6 Å². The number of hydrogen-bond acceptors (Lipinski definition) is 6. The molecule has 2 bridgehead atoms. The molecule has 2 aliphatic rings. The van der Waals surface area contributed by atoms with Crippen LogP contribution in [0.4, 0.5) is 0 Å². The number of aliphatic hydroxyl groups is 1. The third kappa shape index (κ3) is 3.98. The van der Waals surface area contributed by atoms with E-state index in [2.05, 4.69) is 33.9 Å². The Hall–Kier alpha value is -1.18. The molecule has 0 spiro atoms. The minimum absolute atomic E-state index is 0.00501. The van der Waals surface area contributed by atoms with Gasteiger partial charge in [0.1, 0.15) is 6.10 Å². The Morgan fingerprint density at radius 2 is 2.04 bits per heavy atom. The molecule has 25 heavy (non-hydrogen) atoms. The number of aliphatic hydroxyl groups excluding tert-OH is 1. The number of rotatable bonds is 5. The van der Waals surface area contributed by atoms with Crippen molar-refractivity contribution in [2.45, 2.75) is 82.9 Å². The number of esters is 2. The summed E-state index contributed by atoms with van der Waals surface area (Å²) in [4.78, 5) is 24.0. The SMILES string of the molecule is CC(=O)O[C@@]12C[C@@H](OC1=O)C(=CCCO)[C@H](O[Si](C)(C)C(C)(C)C)C2. The molecule has 0 aromatic carbocycles. The van der Waals surface area contributed by atoms with Gasteiger partial charge in [-0.2, -0.15) is 0 Å².